The lowest BCUT2D eigenvalue weighted by atomic mass is 10.4. The molecule has 0 spiro atoms. The van der Waals surface area contributed by atoms with E-state index in [9.17, 15) is 0 Å². The second-order valence-corrected chi connectivity index (χ2v) is 1.87. The third-order valence-electron chi connectivity index (χ3n) is 0.957. The molecule has 1 aliphatic heterocycles. The molecule has 1 saturated heterocycles. The van der Waals surface area contributed by atoms with Crippen LogP contribution in [0.15, 0.2) is 12.7 Å². The fraction of sp³-hybridized carbons (Fsp3) is 0.714. The topological polar surface area (TPSA) is 12.0 Å². The summed E-state index contributed by atoms with van der Waals surface area (Å²) in [4.78, 5) is 0. The third-order valence-corrected chi connectivity index (χ3v) is 0.957. The Labute approximate surface area is 51.8 Å². The minimum absolute atomic E-state index is 1.25. The van der Waals surface area contributed by atoms with E-state index >= 15 is 0 Å². The maximum Gasteiger partial charge on any atom is -0.00484 e. The Morgan fingerprint density at radius 1 is 1.38 bits per heavy atom. The summed E-state index contributed by atoms with van der Waals surface area (Å²) in [5.74, 6) is 0. The number of hydrogen-bond donors (Lipinski definition) is 1. The van der Waals surface area contributed by atoms with Gasteiger partial charge < -0.3 is 5.32 Å². The standard InChI is InChI=1S/C4H9N.C3H6/c1-2-4-5-3-1;1-3-2/h5H,1-4H2;3H,1H2,2H3. The quantitative estimate of drug-likeness (QED) is 0.470. The van der Waals surface area contributed by atoms with E-state index < -0.39 is 0 Å². The number of hydrogen-bond acceptors (Lipinski definition) is 1. The molecular formula is C7H15N. The maximum absolute atomic E-state index is 3.36. The lowest BCUT2D eigenvalue weighted by Crippen LogP contribution is -2.03. The van der Waals surface area contributed by atoms with Gasteiger partial charge in [-0.15, -0.1) is 6.58 Å². The molecule has 0 unspecified atom stereocenters. The van der Waals surface area contributed by atoms with E-state index in [0.29, 0.717) is 0 Å². The van der Waals surface area contributed by atoms with E-state index in [1.54, 1.807) is 6.08 Å². The largest absolute Gasteiger partial charge is 0.317 e. The molecule has 0 atom stereocenters. The molecule has 1 heterocycles. The van der Waals surface area contributed by atoms with Gasteiger partial charge in [0.15, 0.2) is 0 Å². The monoisotopic (exact) mass is 113 g/mol. The zero-order chi connectivity index (χ0) is 6.24. The van der Waals surface area contributed by atoms with Crippen molar-refractivity contribution >= 4 is 0 Å². The predicted octanol–water partition coefficient (Wildman–Crippen LogP) is 1.56. The molecule has 0 aliphatic carbocycles. The Bertz CT molecular complexity index is 38.7. The second kappa shape index (κ2) is 6.70. The van der Waals surface area contributed by atoms with Crippen molar-refractivity contribution in [1.82, 2.24) is 5.32 Å². The molecule has 0 bridgehead atoms. The summed E-state index contributed by atoms with van der Waals surface area (Å²) in [7, 11) is 0. The molecule has 1 heteroatoms. The normalized spacial score (nSPS) is 16.6. The van der Waals surface area contributed by atoms with E-state index in [0.717, 1.165) is 0 Å². The molecule has 0 saturated carbocycles. The van der Waals surface area contributed by atoms with Gasteiger partial charge in [-0.3, -0.25) is 0 Å². The highest BCUT2D eigenvalue weighted by molar-refractivity contribution is 4.55. The van der Waals surface area contributed by atoms with Crippen LogP contribution in [0, 0.1) is 0 Å². The average Bonchev–Trinajstić information content (AvgIpc) is 2.17. The van der Waals surface area contributed by atoms with Crippen LogP contribution in [-0.2, 0) is 0 Å². The van der Waals surface area contributed by atoms with Gasteiger partial charge in [0.2, 0.25) is 0 Å². The van der Waals surface area contributed by atoms with Gasteiger partial charge in [-0.25, -0.2) is 0 Å². The fourth-order valence-electron chi connectivity index (χ4n) is 0.625. The molecular weight excluding hydrogens is 98.1 g/mol. The van der Waals surface area contributed by atoms with Crippen molar-refractivity contribution in [2.75, 3.05) is 13.1 Å². The lowest BCUT2D eigenvalue weighted by molar-refractivity contribution is 0.857. The third kappa shape index (κ3) is 5.70. The highest BCUT2D eigenvalue weighted by atomic mass is 14.9. The van der Waals surface area contributed by atoms with E-state index in [4.69, 9.17) is 0 Å². The Balaban J connectivity index is 0.000000145. The van der Waals surface area contributed by atoms with Crippen molar-refractivity contribution < 1.29 is 0 Å². The van der Waals surface area contributed by atoms with Crippen molar-refractivity contribution in [3.63, 3.8) is 0 Å². The lowest BCUT2D eigenvalue weighted by Gasteiger charge is -1.76. The summed E-state index contributed by atoms with van der Waals surface area (Å²) in [5, 5.41) is 3.22. The van der Waals surface area contributed by atoms with Crippen LogP contribution in [0.25, 0.3) is 0 Å². The van der Waals surface area contributed by atoms with Gasteiger partial charge in [-0.1, -0.05) is 6.08 Å². The van der Waals surface area contributed by atoms with Crippen LogP contribution in [0.2, 0.25) is 0 Å². The van der Waals surface area contributed by atoms with Crippen LogP contribution in [0.3, 0.4) is 0 Å². The molecule has 0 aromatic rings. The van der Waals surface area contributed by atoms with Gasteiger partial charge in [0.25, 0.3) is 0 Å². The van der Waals surface area contributed by atoms with Crippen molar-refractivity contribution in [2.24, 2.45) is 0 Å². The Kier molecular flexibility index (Phi) is 6.45. The Morgan fingerprint density at radius 2 is 1.75 bits per heavy atom. The van der Waals surface area contributed by atoms with Crippen LogP contribution in [-0.4, -0.2) is 13.1 Å². The van der Waals surface area contributed by atoms with Gasteiger partial charge in [0, 0.05) is 0 Å². The van der Waals surface area contributed by atoms with Gasteiger partial charge in [-0.2, -0.15) is 0 Å². The van der Waals surface area contributed by atoms with Crippen LogP contribution >= 0.6 is 0 Å². The average molecular weight is 113 g/mol. The molecule has 1 nitrogen and oxygen atoms in total. The second-order valence-electron chi connectivity index (χ2n) is 1.87. The van der Waals surface area contributed by atoms with Gasteiger partial charge in [0.05, 0.1) is 0 Å². The molecule has 1 rings (SSSR count). The zero-order valence-corrected chi connectivity index (χ0v) is 5.61. The van der Waals surface area contributed by atoms with Crippen molar-refractivity contribution in [1.29, 1.82) is 0 Å². The Morgan fingerprint density at radius 3 is 1.88 bits per heavy atom. The molecule has 8 heavy (non-hydrogen) atoms. The van der Waals surface area contributed by atoms with Crippen molar-refractivity contribution in [3.05, 3.63) is 12.7 Å². The molecule has 48 valence electrons. The first-order chi connectivity index (χ1) is 3.91. The van der Waals surface area contributed by atoms with Crippen molar-refractivity contribution in [2.45, 2.75) is 19.8 Å². The summed E-state index contributed by atoms with van der Waals surface area (Å²) in [6.45, 7) is 7.75. The smallest absolute Gasteiger partial charge is 0.00484 e. The van der Waals surface area contributed by atoms with Gasteiger partial charge >= 0.3 is 0 Å². The first-order valence-corrected chi connectivity index (χ1v) is 3.19. The fourth-order valence-corrected chi connectivity index (χ4v) is 0.625. The summed E-state index contributed by atoms with van der Waals surface area (Å²) in [6, 6.07) is 0. The predicted molar refractivity (Wildman–Crippen MR) is 38.0 cm³/mol. The zero-order valence-electron chi connectivity index (χ0n) is 5.61. The Hall–Kier alpha value is -0.300. The van der Waals surface area contributed by atoms with E-state index in [-0.39, 0.29) is 0 Å². The molecule has 0 aromatic carbocycles. The van der Waals surface area contributed by atoms with Gasteiger partial charge in [0.1, 0.15) is 0 Å². The summed E-state index contributed by atoms with van der Waals surface area (Å²) in [6.07, 6.45) is 4.53. The van der Waals surface area contributed by atoms with E-state index in [1.807, 2.05) is 6.92 Å². The minimum Gasteiger partial charge on any atom is -0.317 e. The minimum atomic E-state index is 1.25. The molecule has 1 aliphatic rings. The molecule has 0 amide bonds. The van der Waals surface area contributed by atoms with E-state index in [2.05, 4.69) is 11.9 Å². The molecule has 1 N–H and O–H groups in total. The molecule has 1 fully saturated rings. The first-order valence-electron chi connectivity index (χ1n) is 3.19. The van der Waals surface area contributed by atoms with Crippen molar-refractivity contribution in [3.8, 4) is 0 Å². The maximum atomic E-state index is 3.36. The highest BCUT2D eigenvalue weighted by Crippen LogP contribution is 1.90. The summed E-state index contributed by atoms with van der Waals surface area (Å²) in [5.41, 5.74) is 0. The molecule has 0 radical (unpaired) electrons. The first kappa shape index (κ1) is 7.70. The SMILES string of the molecule is C1CCNC1.C=CC. The van der Waals surface area contributed by atoms with Crippen LogP contribution < -0.4 is 5.32 Å². The summed E-state index contributed by atoms with van der Waals surface area (Å²) >= 11 is 0. The van der Waals surface area contributed by atoms with Crippen LogP contribution in [0.5, 0.6) is 0 Å². The highest BCUT2D eigenvalue weighted by Gasteiger charge is 1.93. The van der Waals surface area contributed by atoms with Crippen LogP contribution in [0.4, 0.5) is 0 Å². The number of rotatable bonds is 0. The van der Waals surface area contributed by atoms with Gasteiger partial charge in [-0.05, 0) is 32.9 Å². The number of allylic oxidation sites excluding steroid dienone is 1. The van der Waals surface area contributed by atoms with E-state index in [1.165, 1.54) is 25.9 Å². The number of nitrogens with one attached hydrogen (secondary N) is 1. The molecule has 0 aromatic heterocycles. The summed E-state index contributed by atoms with van der Waals surface area (Å²) < 4.78 is 0. The van der Waals surface area contributed by atoms with Crippen LogP contribution in [0.1, 0.15) is 19.8 Å².